The summed E-state index contributed by atoms with van der Waals surface area (Å²) in [6.45, 7) is 3.30. The Balaban J connectivity index is 3.94. The largest absolute Gasteiger partial charge is 0.395 e. The lowest BCUT2D eigenvalue weighted by molar-refractivity contribution is -0.137. The van der Waals surface area contributed by atoms with E-state index in [1.54, 1.807) is 13.8 Å². The molecule has 0 heterocycles. The minimum atomic E-state index is -1.42. The van der Waals surface area contributed by atoms with E-state index < -0.39 is 18.1 Å². The van der Waals surface area contributed by atoms with E-state index in [2.05, 4.69) is 5.32 Å². The third kappa shape index (κ3) is 4.21. The van der Waals surface area contributed by atoms with Crippen LogP contribution >= 0.6 is 0 Å². The Bertz CT molecular complexity index is 160. The maximum atomic E-state index is 11.0. The van der Waals surface area contributed by atoms with Crippen molar-refractivity contribution in [3.63, 3.8) is 0 Å². The summed E-state index contributed by atoms with van der Waals surface area (Å²) >= 11 is 0. The lowest BCUT2D eigenvalue weighted by atomic mass is 10.0. The zero-order chi connectivity index (χ0) is 10.4. The zero-order valence-corrected chi connectivity index (χ0v) is 7.90. The van der Waals surface area contributed by atoms with E-state index in [4.69, 9.17) is 5.11 Å². The molecule has 0 aliphatic carbocycles. The molecular weight excluding hydrogens is 174 g/mol. The first kappa shape index (κ1) is 12.3. The van der Waals surface area contributed by atoms with Gasteiger partial charge in [-0.1, -0.05) is 13.8 Å². The number of rotatable bonds is 5. The number of carbonyl (C=O) groups excluding carboxylic acids is 1. The SMILES string of the molecule is CC(C)[C@H](O)[C@@H](O)C(=O)NCCO. The van der Waals surface area contributed by atoms with E-state index in [-0.39, 0.29) is 19.1 Å². The zero-order valence-electron chi connectivity index (χ0n) is 7.90. The lowest BCUT2D eigenvalue weighted by Crippen LogP contribution is -2.45. The fraction of sp³-hybridized carbons (Fsp3) is 0.875. The van der Waals surface area contributed by atoms with Crippen LogP contribution in [-0.4, -0.2) is 46.6 Å². The van der Waals surface area contributed by atoms with Crippen LogP contribution in [0.15, 0.2) is 0 Å². The van der Waals surface area contributed by atoms with Crippen molar-refractivity contribution in [1.82, 2.24) is 5.32 Å². The highest BCUT2D eigenvalue weighted by molar-refractivity contribution is 5.81. The van der Waals surface area contributed by atoms with Gasteiger partial charge >= 0.3 is 0 Å². The topological polar surface area (TPSA) is 89.8 Å². The number of aliphatic hydroxyl groups excluding tert-OH is 3. The average molecular weight is 191 g/mol. The van der Waals surface area contributed by atoms with Crippen molar-refractivity contribution < 1.29 is 20.1 Å². The summed E-state index contributed by atoms with van der Waals surface area (Å²) in [5.74, 6) is -0.842. The molecule has 78 valence electrons. The smallest absolute Gasteiger partial charge is 0.251 e. The van der Waals surface area contributed by atoms with Crippen LogP contribution in [0, 0.1) is 5.92 Å². The Morgan fingerprint density at radius 2 is 1.92 bits per heavy atom. The summed E-state index contributed by atoms with van der Waals surface area (Å²) in [7, 11) is 0. The Labute approximate surface area is 77.4 Å². The number of hydrogen-bond donors (Lipinski definition) is 4. The number of amides is 1. The molecule has 0 radical (unpaired) electrons. The third-order valence-electron chi connectivity index (χ3n) is 1.69. The van der Waals surface area contributed by atoms with Gasteiger partial charge in [0.1, 0.15) is 0 Å². The molecule has 0 aromatic rings. The average Bonchev–Trinajstić information content (AvgIpc) is 2.11. The molecule has 5 nitrogen and oxygen atoms in total. The first-order valence-electron chi connectivity index (χ1n) is 4.25. The van der Waals surface area contributed by atoms with E-state index in [0.717, 1.165) is 0 Å². The minimum absolute atomic E-state index is 0.0840. The van der Waals surface area contributed by atoms with Crippen LogP contribution in [-0.2, 0) is 4.79 Å². The molecule has 13 heavy (non-hydrogen) atoms. The van der Waals surface area contributed by atoms with Crippen LogP contribution < -0.4 is 5.32 Å². The number of aliphatic hydroxyl groups is 3. The second-order valence-electron chi connectivity index (χ2n) is 3.19. The molecule has 2 atom stereocenters. The van der Waals surface area contributed by atoms with Gasteiger partial charge < -0.3 is 20.6 Å². The van der Waals surface area contributed by atoms with Gasteiger partial charge in [-0.2, -0.15) is 0 Å². The summed E-state index contributed by atoms with van der Waals surface area (Å²) in [5, 5.41) is 29.2. The molecule has 0 saturated heterocycles. The number of hydrogen-bond acceptors (Lipinski definition) is 4. The second kappa shape index (κ2) is 5.90. The van der Waals surface area contributed by atoms with Crippen LogP contribution in [0.25, 0.3) is 0 Å². The number of carbonyl (C=O) groups is 1. The molecular formula is C8H17NO4. The van der Waals surface area contributed by atoms with Gasteiger partial charge in [-0.05, 0) is 5.92 Å². The Kier molecular flexibility index (Phi) is 5.61. The molecule has 0 bridgehead atoms. The Hall–Kier alpha value is -0.650. The van der Waals surface area contributed by atoms with Crippen LogP contribution in [0.1, 0.15) is 13.8 Å². The molecule has 4 N–H and O–H groups in total. The van der Waals surface area contributed by atoms with Gasteiger partial charge in [0.25, 0.3) is 5.91 Å². The van der Waals surface area contributed by atoms with Crippen LogP contribution in [0.5, 0.6) is 0 Å². The summed E-state index contributed by atoms with van der Waals surface area (Å²) in [6, 6.07) is 0. The highest BCUT2D eigenvalue weighted by atomic mass is 16.3. The van der Waals surface area contributed by atoms with E-state index in [0.29, 0.717) is 0 Å². The molecule has 0 rings (SSSR count). The van der Waals surface area contributed by atoms with Gasteiger partial charge in [0.05, 0.1) is 12.7 Å². The molecule has 0 spiro atoms. The van der Waals surface area contributed by atoms with Gasteiger partial charge in [-0.15, -0.1) is 0 Å². The molecule has 0 unspecified atom stereocenters. The summed E-state index contributed by atoms with van der Waals surface area (Å²) in [4.78, 5) is 11.0. The van der Waals surface area contributed by atoms with E-state index in [1.807, 2.05) is 0 Å². The molecule has 0 aliphatic rings. The minimum Gasteiger partial charge on any atom is -0.395 e. The molecule has 0 aliphatic heterocycles. The van der Waals surface area contributed by atoms with Crippen molar-refractivity contribution in [2.75, 3.05) is 13.2 Å². The van der Waals surface area contributed by atoms with Gasteiger partial charge in [-0.3, -0.25) is 4.79 Å². The highest BCUT2D eigenvalue weighted by Gasteiger charge is 2.25. The van der Waals surface area contributed by atoms with E-state index >= 15 is 0 Å². The van der Waals surface area contributed by atoms with Gasteiger partial charge in [-0.25, -0.2) is 0 Å². The van der Waals surface area contributed by atoms with Crippen molar-refractivity contribution in [2.45, 2.75) is 26.1 Å². The monoisotopic (exact) mass is 191 g/mol. The molecule has 0 fully saturated rings. The van der Waals surface area contributed by atoms with E-state index in [1.165, 1.54) is 0 Å². The third-order valence-corrected chi connectivity index (χ3v) is 1.69. The highest BCUT2D eigenvalue weighted by Crippen LogP contribution is 2.05. The van der Waals surface area contributed by atoms with E-state index in [9.17, 15) is 15.0 Å². The first-order valence-corrected chi connectivity index (χ1v) is 4.25. The molecule has 1 amide bonds. The fourth-order valence-electron chi connectivity index (χ4n) is 0.803. The summed E-state index contributed by atoms with van der Waals surface area (Å²) < 4.78 is 0. The molecule has 0 aromatic carbocycles. The molecule has 0 saturated carbocycles. The maximum Gasteiger partial charge on any atom is 0.251 e. The molecule has 0 aromatic heterocycles. The Morgan fingerprint density at radius 3 is 2.31 bits per heavy atom. The van der Waals surface area contributed by atoms with Crippen molar-refractivity contribution in [1.29, 1.82) is 0 Å². The van der Waals surface area contributed by atoms with Gasteiger partial charge in [0.2, 0.25) is 0 Å². The van der Waals surface area contributed by atoms with Crippen LogP contribution in [0.4, 0.5) is 0 Å². The van der Waals surface area contributed by atoms with Crippen LogP contribution in [0.2, 0.25) is 0 Å². The normalized spacial score (nSPS) is 15.5. The number of nitrogens with one attached hydrogen (secondary N) is 1. The lowest BCUT2D eigenvalue weighted by Gasteiger charge is -2.19. The van der Waals surface area contributed by atoms with Crippen LogP contribution in [0.3, 0.4) is 0 Å². The fourth-order valence-corrected chi connectivity index (χ4v) is 0.803. The van der Waals surface area contributed by atoms with Crippen molar-refractivity contribution in [2.24, 2.45) is 5.92 Å². The van der Waals surface area contributed by atoms with Gasteiger partial charge in [0, 0.05) is 6.54 Å². The second-order valence-corrected chi connectivity index (χ2v) is 3.19. The van der Waals surface area contributed by atoms with Crippen molar-refractivity contribution >= 4 is 5.91 Å². The van der Waals surface area contributed by atoms with Crippen molar-refractivity contribution in [3.8, 4) is 0 Å². The van der Waals surface area contributed by atoms with Crippen molar-refractivity contribution in [3.05, 3.63) is 0 Å². The predicted molar refractivity (Wildman–Crippen MR) is 46.9 cm³/mol. The van der Waals surface area contributed by atoms with Gasteiger partial charge in [0.15, 0.2) is 6.10 Å². The summed E-state index contributed by atoms with van der Waals surface area (Å²) in [6.07, 6.45) is -2.50. The predicted octanol–water partition coefficient (Wildman–Crippen LogP) is -1.53. The maximum absolute atomic E-state index is 11.0. The molecule has 5 heteroatoms. The first-order chi connectivity index (χ1) is 6.00. The Morgan fingerprint density at radius 1 is 1.38 bits per heavy atom. The standard InChI is InChI=1S/C8H17NO4/c1-5(2)6(11)7(12)8(13)9-3-4-10/h5-7,10-12H,3-4H2,1-2H3,(H,9,13)/t6-,7+/m0/s1. The quantitative estimate of drug-likeness (QED) is 0.424. The summed E-state index contributed by atoms with van der Waals surface area (Å²) in [5.41, 5.74) is 0.